The standard InChI is InChI=1S/C12H10BrFN2O/c13-11-5-8(14)1-4-12(11)16-6-9-2-3-10(17)7-15-9/h1-5,7,16-17H,6H2. The van der Waals surface area contributed by atoms with Crippen molar-refractivity contribution in [2.75, 3.05) is 5.32 Å². The van der Waals surface area contributed by atoms with Crippen molar-refractivity contribution in [1.29, 1.82) is 0 Å². The van der Waals surface area contributed by atoms with Crippen molar-refractivity contribution in [3.63, 3.8) is 0 Å². The van der Waals surface area contributed by atoms with Gasteiger partial charge in [0.15, 0.2) is 0 Å². The minimum atomic E-state index is -0.287. The van der Waals surface area contributed by atoms with Crippen molar-refractivity contribution in [3.05, 3.63) is 52.5 Å². The Hall–Kier alpha value is -1.62. The highest BCUT2D eigenvalue weighted by molar-refractivity contribution is 9.10. The first kappa shape index (κ1) is 11.9. The lowest BCUT2D eigenvalue weighted by Gasteiger charge is -2.08. The lowest BCUT2D eigenvalue weighted by molar-refractivity contribution is 0.472. The summed E-state index contributed by atoms with van der Waals surface area (Å²) in [7, 11) is 0. The van der Waals surface area contributed by atoms with Crippen LogP contribution in [0.5, 0.6) is 5.75 Å². The van der Waals surface area contributed by atoms with E-state index in [0.717, 1.165) is 11.4 Å². The van der Waals surface area contributed by atoms with Crippen LogP contribution in [0, 0.1) is 5.82 Å². The van der Waals surface area contributed by atoms with Crippen LogP contribution in [0.25, 0.3) is 0 Å². The van der Waals surface area contributed by atoms with Crippen LogP contribution in [0.4, 0.5) is 10.1 Å². The van der Waals surface area contributed by atoms with Crippen LogP contribution in [0.15, 0.2) is 41.0 Å². The summed E-state index contributed by atoms with van der Waals surface area (Å²) in [6.45, 7) is 0.504. The molecule has 0 fully saturated rings. The predicted octanol–water partition coefficient (Wildman–Crippen LogP) is 3.30. The number of nitrogens with one attached hydrogen (secondary N) is 1. The molecule has 1 heterocycles. The summed E-state index contributed by atoms with van der Waals surface area (Å²) in [4.78, 5) is 4.04. The first-order valence-electron chi connectivity index (χ1n) is 4.98. The molecule has 0 aliphatic heterocycles. The fourth-order valence-corrected chi connectivity index (χ4v) is 1.83. The minimum Gasteiger partial charge on any atom is -0.506 e. The Morgan fingerprint density at radius 3 is 2.76 bits per heavy atom. The van der Waals surface area contributed by atoms with E-state index in [2.05, 4.69) is 26.2 Å². The molecule has 0 saturated carbocycles. The summed E-state index contributed by atoms with van der Waals surface area (Å²) in [5.41, 5.74) is 1.58. The maximum atomic E-state index is 12.9. The molecular weight excluding hydrogens is 287 g/mol. The molecule has 0 unspecified atom stereocenters. The number of halogens is 2. The molecule has 0 amide bonds. The molecule has 0 aliphatic rings. The van der Waals surface area contributed by atoms with Gasteiger partial charge < -0.3 is 10.4 Å². The number of benzene rings is 1. The van der Waals surface area contributed by atoms with Gasteiger partial charge in [0.25, 0.3) is 0 Å². The summed E-state index contributed by atoms with van der Waals surface area (Å²) in [6.07, 6.45) is 1.39. The van der Waals surface area contributed by atoms with Crippen LogP contribution in [0.1, 0.15) is 5.69 Å². The van der Waals surface area contributed by atoms with Crippen molar-refractivity contribution >= 4 is 21.6 Å². The van der Waals surface area contributed by atoms with Crippen molar-refractivity contribution in [2.45, 2.75) is 6.54 Å². The molecule has 3 nitrogen and oxygen atoms in total. The number of hydrogen-bond acceptors (Lipinski definition) is 3. The zero-order valence-corrected chi connectivity index (χ0v) is 10.4. The van der Waals surface area contributed by atoms with Crippen LogP contribution in [0.3, 0.4) is 0 Å². The van der Waals surface area contributed by atoms with Gasteiger partial charge in [-0.1, -0.05) is 0 Å². The van der Waals surface area contributed by atoms with Gasteiger partial charge in [0.2, 0.25) is 0 Å². The third-order valence-electron chi connectivity index (χ3n) is 2.20. The lowest BCUT2D eigenvalue weighted by Crippen LogP contribution is -2.01. The van der Waals surface area contributed by atoms with E-state index in [-0.39, 0.29) is 11.6 Å². The highest BCUT2D eigenvalue weighted by Gasteiger charge is 2.01. The van der Waals surface area contributed by atoms with Gasteiger partial charge in [0.05, 0.1) is 18.4 Å². The van der Waals surface area contributed by atoms with E-state index in [9.17, 15) is 4.39 Å². The van der Waals surface area contributed by atoms with Gasteiger partial charge in [0.1, 0.15) is 11.6 Å². The molecule has 2 rings (SSSR count). The van der Waals surface area contributed by atoms with E-state index in [4.69, 9.17) is 5.11 Å². The topological polar surface area (TPSA) is 45.1 Å². The summed E-state index contributed by atoms with van der Waals surface area (Å²) in [6, 6.07) is 7.73. The number of rotatable bonds is 3. The number of pyridine rings is 1. The predicted molar refractivity (Wildman–Crippen MR) is 67.3 cm³/mol. The molecule has 0 atom stereocenters. The molecule has 88 valence electrons. The second-order valence-electron chi connectivity index (χ2n) is 3.49. The number of anilines is 1. The highest BCUT2D eigenvalue weighted by Crippen LogP contribution is 2.23. The van der Waals surface area contributed by atoms with E-state index >= 15 is 0 Å². The third-order valence-corrected chi connectivity index (χ3v) is 2.86. The SMILES string of the molecule is Oc1ccc(CNc2ccc(F)cc2Br)nc1. The van der Waals surface area contributed by atoms with Gasteiger partial charge in [-0.05, 0) is 46.3 Å². The maximum Gasteiger partial charge on any atom is 0.133 e. The van der Waals surface area contributed by atoms with Crippen LogP contribution >= 0.6 is 15.9 Å². The molecule has 0 saturated heterocycles. The van der Waals surface area contributed by atoms with E-state index < -0.39 is 0 Å². The molecular formula is C12H10BrFN2O. The first-order valence-corrected chi connectivity index (χ1v) is 5.77. The second kappa shape index (κ2) is 5.14. The van der Waals surface area contributed by atoms with Crippen LogP contribution in [0.2, 0.25) is 0 Å². The molecule has 5 heteroatoms. The molecule has 1 aromatic heterocycles. The zero-order valence-electron chi connectivity index (χ0n) is 8.82. The number of nitrogens with zero attached hydrogens (tertiary/aromatic N) is 1. The quantitative estimate of drug-likeness (QED) is 0.913. The smallest absolute Gasteiger partial charge is 0.133 e. The number of hydrogen-bond donors (Lipinski definition) is 2. The van der Waals surface area contributed by atoms with E-state index in [1.165, 1.54) is 18.3 Å². The zero-order chi connectivity index (χ0) is 12.3. The summed E-state index contributed by atoms with van der Waals surface area (Å²) in [5.74, 6) is -0.151. The van der Waals surface area contributed by atoms with Gasteiger partial charge in [-0.25, -0.2) is 4.39 Å². The molecule has 0 radical (unpaired) electrons. The average Bonchev–Trinajstić information content (AvgIpc) is 2.30. The maximum absolute atomic E-state index is 12.9. The van der Waals surface area contributed by atoms with Crippen molar-refractivity contribution < 1.29 is 9.50 Å². The van der Waals surface area contributed by atoms with Gasteiger partial charge >= 0.3 is 0 Å². The minimum absolute atomic E-state index is 0.136. The normalized spacial score (nSPS) is 10.2. The fourth-order valence-electron chi connectivity index (χ4n) is 1.34. The highest BCUT2D eigenvalue weighted by atomic mass is 79.9. The Kier molecular flexibility index (Phi) is 3.58. The van der Waals surface area contributed by atoms with Crippen LogP contribution in [-0.2, 0) is 6.54 Å². The summed E-state index contributed by atoms with van der Waals surface area (Å²) < 4.78 is 13.5. The van der Waals surface area contributed by atoms with Crippen LogP contribution in [-0.4, -0.2) is 10.1 Å². The fraction of sp³-hybridized carbons (Fsp3) is 0.0833. The van der Waals surface area contributed by atoms with E-state index in [1.54, 1.807) is 18.2 Å². The van der Waals surface area contributed by atoms with Crippen molar-refractivity contribution in [2.24, 2.45) is 0 Å². The van der Waals surface area contributed by atoms with Gasteiger partial charge in [0, 0.05) is 10.2 Å². The Bertz CT molecular complexity index is 516. The molecule has 17 heavy (non-hydrogen) atoms. The Labute approximate surface area is 106 Å². The van der Waals surface area contributed by atoms with Crippen molar-refractivity contribution in [3.8, 4) is 5.75 Å². The van der Waals surface area contributed by atoms with E-state index in [1.807, 2.05) is 0 Å². The molecule has 2 aromatic rings. The third kappa shape index (κ3) is 3.17. The first-order chi connectivity index (χ1) is 8.15. The van der Waals surface area contributed by atoms with Crippen LogP contribution < -0.4 is 5.32 Å². The average molecular weight is 297 g/mol. The molecule has 0 aliphatic carbocycles. The summed E-state index contributed by atoms with van der Waals surface area (Å²) in [5, 5.41) is 12.2. The number of aromatic hydroxyl groups is 1. The van der Waals surface area contributed by atoms with E-state index in [0.29, 0.717) is 11.0 Å². The van der Waals surface area contributed by atoms with Crippen molar-refractivity contribution in [1.82, 2.24) is 4.98 Å². The Morgan fingerprint density at radius 1 is 1.29 bits per heavy atom. The lowest BCUT2D eigenvalue weighted by atomic mass is 10.3. The van der Waals surface area contributed by atoms with Gasteiger partial charge in [-0.2, -0.15) is 0 Å². The molecule has 0 spiro atoms. The number of aromatic nitrogens is 1. The molecule has 2 N–H and O–H groups in total. The largest absolute Gasteiger partial charge is 0.506 e. The molecule has 1 aromatic carbocycles. The Balaban J connectivity index is 2.04. The Morgan fingerprint density at radius 2 is 2.12 bits per heavy atom. The second-order valence-corrected chi connectivity index (χ2v) is 4.34. The summed E-state index contributed by atoms with van der Waals surface area (Å²) >= 11 is 3.27. The monoisotopic (exact) mass is 296 g/mol. The molecule has 0 bridgehead atoms. The van der Waals surface area contributed by atoms with Gasteiger partial charge in [-0.15, -0.1) is 0 Å². The van der Waals surface area contributed by atoms with Gasteiger partial charge in [-0.3, -0.25) is 4.98 Å².